The first-order valence-electron chi connectivity index (χ1n) is 4.27. The van der Waals surface area contributed by atoms with E-state index in [1.54, 1.807) is 6.92 Å². The van der Waals surface area contributed by atoms with Crippen LogP contribution in [0.25, 0.3) is 0 Å². The van der Waals surface area contributed by atoms with E-state index in [0.717, 1.165) is 10.2 Å². The van der Waals surface area contributed by atoms with E-state index >= 15 is 0 Å². The quantitative estimate of drug-likeness (QED) is 0.856. The van der Waals surface area contributed by atoms with Gasteiger partial charge in [-0.25, -0.2) is 0 Å². The molecule has 0 heterocycles. The van der Waals surface area contributed by atoms with Crippen LogP contribution in [0, 0.1) is 6.92 Å². The molecule has 0 aliphatic heterocycles. The molecule has 0 aliphatic rings. The Kier molecular flexibility index (Phi) is 3.75. The van der Waals surface area contributed by atoms with Gasteiger partial charge in [-0.1, -0.05) is 22.0 Å². The Bertz CT molecular complexity index is 286. The monoisotopic (exact) mass is 243 g/mol. The lowest BCUT2D eigenvalue weighted by atomic mass is 10.2. The van der Waals surface area contributed by atoms with Crippen LogP contribution >= 0.6 is 15.9 Å². The van der Waals surface area contributed by atoms with Gasteiger partial charge in [0.1, 0.15) is 0 Å². The minimum atomic E-state index is -0.321. The fraction of sp³-hybridized carbons (Fsp3) is 0.400. The number of aliphatic hydroxyl groups excluding tert-OH is 1. The summed E-state index contributed by atoms with van der Waals surface area (Å²) in [4.78, 5) is 0. The lowest BCUT2D eigenvalue weighted by molar-refractivity contribution is 0.208. The second-order valence-corrected chi connectivity index (χ2v) is 4.10. The molecule has 0 radical (unpaired) electrons. The van der Waals surface area contributed by atoms with Gasteiger partial charge in [-0.3, -0.25) is 0 Å². The minimum Gasteiger partial charge on any atom is -0.392 e. The molecule has 0 spiro atoms. The Labute approximate surface area is 87.1 Å². The van der Waals surface area contributed by atoms with Gasteiger partial charge in [-0.15, -0.1) is 0 Å². The molecule has 72 valence electrons. The smallest absolute Gasteiger partial charge is 0.0684 e. The van der Waals surface area contributed by atoms with Crippen molar-refractivity contribution in [2.45, 2.75) is 20.0 Å². The molecule has 1 aromatic carbocycles. The molecule has 2 nitrogen and oxygen atoms in total. The van der Waals surface area contributed by atoms with Gasteiger partial charge in [-0.2, -0.15) is 0 Å². The predicted octanol–water partition coefficient (Wildman–Crippen LogP) is 2.55. The number of aliphatic hydroxyl groups is 1. The van der Waals surface area contributed by atoms with E-state index in [1.807, 2.05) is 25.1 Å². The molecule has 3 heteroatoms. The SMILES string of the molecule is Cc1ccc(Br)cc1NC[C@H](C)O. The van der Waals surface area contributed by atoms with Crippen LogP contribution in [0.4, 0.5) is 5.69 Å². The molecule has 0 saturated carbocycles. The Balaban J connectivity index is 2.70. The molecular formula is C10H14BrNO. The van der Waals surface area contributed by atoms with Crippen LogP contribution in [0.5, 0.6) is 0 Å². The van der Waals surface area contributed by atoms with E-state index in [-0.39, 0.29) is 6.10 Å². The van der Waals surface area contributed by atoms with Gasteiger partial charge >= 0.3 is 0 Å². The summed E-state index contributed by atoms with van der Waals surface area (Å²) in [6.07, 6.45) is -0.321. The van der Waals surface area contributed by atoms with E-state index in [4.69, 9.17) is 5.11 Å². The zero-order valence-electron chi connectivity index (χ0n) is 7.84. The molecule has 0 bridgehead atoms. The maximum absolute atomic E-state index is 9.10. The van der Waals surface area contributed by atoms with Crippen molar-refractivity contribution in [2.24, 2.45) is 0 Å². The average Bonchev–Trinajstić information content (AvgIpc) is 2.06. The summed E-state index contributed by atoms with van der Waals surface area (Å²) in [7, 11) is 0. The first-order valence-corrected chi connectivity index (χ1v) is 5.07. The third-order valence-electron chi connectivity index (χ3n) is 1.79. The Morgan fingerprint density at radius 1 is 1.54 bits per heavy atom. The maximum atomic E-state index is 9.10. The van der Waals surface area contributed by atoms with E-state index in [9.17, 15) is 0 Å². The molecular weight excluding hydrogens is 230 g/mol. The number of anilines is 1. The molecule has 1 aromatic rings. The van der Waals surface area contributed by atoms with Crippen molar-refractivity contribution in [3.8, 4) is 0 Å². The number of rotatable bonds is 3. The van der Waals surface area contributed by atoms with Gasteiger partial charge in [0.25, 0.3) is 0 Å². The highest BCUT2D eigenvalue weighted by Gasteiger charge is 2.00. The summed E-state index contributed by atoms with van der Waals surface area (Å²) in [6, 6.07) is 6.05. The summed E-state index contributed by atoms with van der Waals surface area (Å²) in [5.74, 6) is 0. The number of benzene rings is 1. The summed E-state index contributed by atoms with van der Waals surface area (Å²) in [5.41, 5.74) is 2.25. The molecule has 1 rings (SSSR count). The van der Waals surface area contributed by atoms with Gasteiger partial charge in [-0.05, 0) is 31.5 Å². The molecule has 0 unspecified atom stereocenters. The summed E-state index contributed by atoms with van der Waals surface area (Å²) in [5, 5.41) is 12.3. The third kappa shape index (κ3) is 3.36. The van der Waals surface area contributed by atoms with Crippen LogP contribution in [-0.4, -0.2) is 17.8 Å². The zero-order valence-corrected chi connectivity index (χ0v) is 9.43. The largest absolute Gasteiger partial charge is 0.392 e. The Morgan fingerprint density at radius 2 is 2.23 bits per heavy atom. The van der Waals surface area contributed by atoms with Crippen LogP contribution in [0.15, 0.2) is 22.7 Å². The first kappa shape index (κ1) is 10.5. The van der Waals surface area contributed by atoms with Crippen molar-refractivity contribution in [2.75, 3.05) is 11.9 Å². The molecule has 0 aliphatic carbocycles. The number of hydrogen-bond donors (Lipinski definition) is 2. The van der Waals surface area contributed by atoms with Crippen molar-refractivity contribution >= 4 is 21.6 Å². The highest BCUT2D eigenvalue weighted by molar-refractivity contribution is 9.10. The number of halogens is 1. The van der Waals surface area contributed by atoms with Gasteiger partial charge in [0.2, 0.25) is 0 Å². The molecule has 0 saturated heterocycles. The molecule has 2 N–H and O–H groups in total. The lowest BCUT2D eigenvalue weighted by Crippen LogP contribution is -2.15. The third-order valence-corrected chi connectivity index (χ3v) is 2.28. The van der Waals surface area contributed by atoms with Crippen LogP contribution in [-0.2, 0) is 0 Å². The van der Waals surface area contributed by atoms with Crippen molar-refractivity contribution in [3.63, 3.8) is 0 Å². The highest BCUT2D eigenvalue weighted by Crippen LogP contribution is 2.20. The fourth-order valence-corrected chi connectivity index (χ4v) is 1.40. The summed E-state index contributed by atoms with van der Waals surface area (Å²) < 4.78 is 1.05. The first-order chi connectivity index (χ1) is 6.09. The fourth-order valence-electron chi connectivity index (χ4n) is 1.04. The lowest BCUT2D eigenvalue weighted by Gasteiger charge is -2.11. The van der Waals surface area contributed by atoms with Crippen molar-refractivity contribution in [1.82, 2.24) is 0 Å². The second-order valence-electron chi connectivity index (χ2n) is 3.19. The summed E-state index contributed by atoms with van der Waals surface area (Å²) in [6.45, 7) is 4.38. The van der Waals surface area contributed by atoms with Gasteiger partial charge in [0.05, 0.1) is 6.10 Å². The van der Waals surface area contributed by atoms with E-state index in [1.165, 1.54) is 5.56 Å². The standard InChI is InChI=1S/C10H14BrNO/c1-7-3-4-9(11)5-10(7)12-6-8(2)13/h3-5,8,12-13H,6H2,1-2H3/t8-/m0/s1. The van der Waals surface area contributed by atoms with E-state index in [0.29, 0.717) is 6.54 Å². The molecule has 13 heavy (non-hydrogen) atoms. The van der Waals surface area contributed by atoms with Crippen LogP contribution in [0.3, 0.4) is 0 Å². The average molecular weight is 244 g/mol. The van der Waals surface area contributed by atoms with Gasteiger partial charge in [0.15, 0.2) is 0 Å². The Morgan fingerprint density at radius 3 is 2.85 bits per heavy atom. The molecule has 0 amide bonds. The Hall–Kier alpha value is -0.540. The topological polar surface area (TPSA) is 32.3 Å². The number of hydrogen-bond acceptors (Lipinski definition) is 2. The minimum absolute atomic E-state index is 0.321. The number of aryl methyl sites for hydroxylation is 1. The normalized spacial score (nSPS) is 12.6. The maximum Gasteiger partial charge on any atom is 0.0684 e. The van der Waals surface area contributed by atoms with Crippen LogP contribution in [0.2, 0.25) is 0 Å². The second kappa shape index (κ2) is 4.63. The van der Waals surface area contributed by atoms with Crippen molar-refractivity contribution < 1.29 is 5.11 Å². The van der Waals surface area contributed by atoms with Crippen molar-refractivity contribution in [1.29, 1.82) is 0 Å². The van der Waals surface area contributed by atoms with Gasteiger partial charge < -0.3 is 10.4 Å². The van der Waals surface area contributed by atoms with Gasteiger partial charge in [0, 0.05) is 16.7 Å². The number of nitrogens with one attached hydrogen (secondary N) is 1. The molecule has 1 atom stereocenters. The molecule has 0 aromatic heterocycles. The van der Waals surface area contributed by atoms with Crippen LogP contribution in [0.1, 0.15) is 12.5 Å². The molecule has 0 fully saturated rings. The summed E-state index contributed by atoms with van der Waals surface area (Å²) >= 11 is 3.40. The van der Waals surface area contributed by atoms with Crippen molar-refractivity contribution in [3.05, 3.63) is 28.2 Å². The zero-order chi connectivity index (χ0) is 9.84. The van der Waals surface area contributed by atoms with Crippen LogP contribution < -0.4 is 5.32 Å². The van der Waals surface area contributed by atoms with E-state index < -0.39 is 0 Å². The highest BCUT2D eigenvalue weighted by atomic mass is 79.9. The van der Waals surface area contributed by atoms with E-state index in [2.05, 4.69) is 21.2 Å². The predicted molar refractivity (Wildman–Crippen MR) is 59.0 cm³/mol.